The minimum Gasteiger partial charge on any atom is -0.389 e. The van der Waals surface area contributed by atoms with Gasteiger partial charge < -0.3 is 9.84 Å². The summed E-state index contributed by atoms with van der Waals surface area (Å²) < 4.78 is 31.7. The molecule has 0 atom stereocenters. The van der Waals surface area contributed by atoms with Crippen LogP contribution in [0.1, 0.15) is 25.3 Å². The number of aliphatic hydroxyl groups is 1. The van der Waals surface area contributed by atoms with Crippen molar-refractivity contribution in [2.45, 2.75) is 37.9 Å². The van der Waals surface area contributed by atoms with Gasteiger partial charge in [-0.25, -0.2) is 8.78 Å². The third-order valence-electron chi connectivity index (χ3n) is 3.17. The van der Waals surface area contributed by atoms with E-state index in [1.807, 2.05) is 6.92 Å². The zero-order chi connectivity index (χ0) is 12.5. The lowest BCUT2D eigenvalue weighted by atomic mass is 9.73. The molecule has 1 fully saturated rings. The molecule has 2 rings (SSSR count). The monoisotopic (exact) mass is 242 g/mol. The molecule has 1 N–H and O–H groups in total. The van der Waals surface area contributed by atoms with E-state index < -0.39 is 17.2 Å². The van der Waals surface area contributed by atoms with E-state index in [1.165, 1.54) is 12.1 Å². The summed E-state index contributed by atoms with van der Waals surface area (Å²) in [5, 5.41) is 10.1. The molecule has 0 aliphatic heterocycles. The van der Waals surface area contributed by atoms with Crippen molar-refractivity contribution in [3.8, 4) is 0 Å². The maximum atomic E-state index is 13.4. The first-order valence-electron chi connectivity index (χ1n) is 5.81. The Morgan fingerprint density at radius 1 is 1.41 bits per heavy atom. The molecule has 2 nitrogen and oxygen atoms in total. The van der Waals surface area contributed by atoms with E-state index in [0.29, 0.717) is 19.4 Å². The summed E-state index contributed by atoms with van der Waals surface area (Å²) in [5.74, 6) is -1.73. The van der Waals surface area contributed by atoms with Crippen LogP contribution in [-0.4, -0.2) is 23.4 Å². The Bertz CT molecular complexity index is 400. The quantitative estimate of drug-likeness (QED) is 0.878. The molecule has 17 heavy (non-hydrogen) atoms. The van der Waals surface area contributed by atoms with E-state index in [2.05, 4.69) is 0 Å². The zero-order valence-electron chi connectivity index (χ0n) is 9.75. The normalized spacial score (nSPS) is 27.9. The fourth-order valence-electron chi connectivity index (χ4n) is 2.33. The Labute approximate surface area is 99.2 Å². The van der Waals surface area contributed by atoms with Gasteiger partial charge in [-0.15, -0.1) is 0 Å². The molecule has 94 valence electrons. The fraction of sp³-hybridized carbons (Fsp3) is 0.538. The minimum absolute atomic E-state index is 0.0432. The van der Waals surface area contributed by atoms with Gasteiger partial charge in [0.25, 0.3) is 0 Å². The molecule has 4 heteroatoms. The van der Waals surface area contributed by atoms with Crippen LogP contribution in [0.5, 0.6) is 0 Å². The Morgan fingerprint density at radius 3 is 2.76 bits per heavy atom. The lowest BCUT2D eigenvalue weighted by molar-refractivity contribution is -0.136. The first-order chi connectivity index (χ1) is 8.04. The molecular formula is C13H16F2O2. The van der Waals surface area contributed by atoms with Crippen molar-refractivity contribution < 1.29 is 18.6 Å². The van der Waals surface area contributed by atoms with Gasteiger partial charge >= 0.3 is 0 Å². The molecule has 0 spiro atoms. The van der Waals surface area contributed by atoms with Crippen LogP contribution in [0.25, 0.3) is 0 Å². The molecule has 0 aromatic heterocycles. The number of ether oxygens (including phenoxy) is 1. The van der Waals surface area contributed by atoms with Crippen LogP contribution in [0.4, 0.5) is 8.78 Å². The molecule has 1 aromatic carbocycles. The Morgan fingerprint density at radius 2 is 2.12 bits per heavy atom. The van der Waals surface area contributed by atoms with E-state index in [1.54, 1.807) is 0 Å². The summed E-state index contributed by atoms with van der Waals surface area (Å²) in [7, 11) is 0. The topological polar surface area (TPSA) is 29.5 Å². The fourth-order valence-corrected chi connectivity index (χ4v) is 2.33. The maximum absolute atomic E-state index is 13.4. The van der Waals surface area contributed by atoms with Gasteiger partial charge in [0, 0.05) is 25.9 Å². The number of hydrogen-bond acceptors (Lipinski definition) is 2. The lowest BCUT2D eigenvalue weighted by Crippen LogP contribution is -2.50. The highest BCUT2D eigenvalue weighted by Crippen LogP contribution is 2.37. The predicted molar refractivity (Wildman–Crippen MR) is 59.7 cm³/mol. The second-order valence-corrected chi connectivity index (χ2v) is 4.60. The summed E-state index contributed by atoms with van der Waals surface area (Å²) in [5.41, 5.74) is -0.725. The molecule has 1 aromatic rings. The number of benzene rings is 1. The van der Waals surface area contributed by atoms with Crippen molar-refractivity contribution in [3.05, 3.63) is 35.4 Å². The highest BCUT2D eigenvalue weighted by Gasteiger charge is 2.43. The molecule has 1 aliphatic rings. The van der Waals surface area contributed by atoms with Gasteiger partial charge in [-0.3, -0.25) is 0 Å². The van der Waals surface area contributed by atoms with Crippen molar-refractivity contribution in [2.75, 3.05) is 6.61 Å². The first kappa shape index (κ1) is 12.5. The van der Waals surface area contributed by atoms with Gasteiger partial charge in [-0.05, 0) is 18.6 Å². The average Bonchev–Trinajstić information content (AvgIpc) is 2.23. The summed E-state index contributed by atoms with van der Waals surface area (Å²) in [6, 6.07) is 4.03. The summed E-state index contributed by atoms with van der Waals surface area (Å²) in [4.78, 5) is 0. The smallest absolute Gasteiger partial charge is 0.162 e. The third-order valence-corrected chi connectivity index (χ3v) is 3.17. The van der Waals surface area contributed by atoms with Crippen LogP contribution in [0, 0.1) is 11.6 Å². The van der Waals surface area contributed by atoms with E-state index >= 15 is 0 Å². The predicted octanol–water partition coefficient (Wildman–Crippen LogP) is 2.44. The van der Waals surface area contributed by atoms with Crippen molar-refractivity contribution >= 4 is 0 Å². The minimum atomic E-state index is -0.950. The van der Waals surface area contributed by atoms with Crippen LogP contribution in [0.15, 0.2) is 18.2 Å². The Balaban J connectivity index is 2.00. The van der Waals surface area contributed by atoms with E-state index in [0.717, 1.165) is 6.07 Å². The number of halogens is 2. The van der Waals surface area contributed by atoms with Crippen LogP contribution in [-0.2, 0) is 11.2 Å². The van der Waals surface area contributed by atoms with Crippen LogP contribution < -0.4 is 0 Å². The van der Waals surface area contributed by atoms with Gasteiger partial charge in [0.05, 0.1) is 11.7 Å². The van der Waals surface area contributed by atoms with Gasteiger partial charge in [0.1, 0.15) is 0 Å². The summed E-state index contributed by atoms with van der Waals surface area (Å²) in [6.07, 6.45) is 1.15. The van der Waals surface area contributed by atoms with Gasteiger partial charge in [-0.2, -0.15) is 0 Å². The van der Waals surface area contributed by atoms with Gasteiger partial charge in [0.2, 0.25) is 0 Å². The highest BCUT2D eigenvalue weighted by molar-refractivity contribution is 5.22. The molecule has 0 amide bonds. The molecule has 0 unspecified atom stereocenters. The molecule has 0 heterocycles. The van der Waals surface area contributed by atoms with E-state index in [9.17, 15) is 13.9 Å². The Kier molecular flexibility index (Phi) is 3.45. The van der Waals surface area contributed by atoms with Crippen LogP contribution >= 0.6 is 0 Å². The molecule has 0 radical (unpaired) electrons. The largest absolute Gasteiger partial charge is 0.389 e. The summed E-state index contributed by atoms with van der Waals surface area (Å²) in [6.45, 7) is 2.50. The molecule has 1 saturated carbocycles. The molecule has 0 bridgehead atoms. The van der Waals surface area contributed by atoms with Crippen molar-refractivity contribution in [1.29, 1.82) is 0 Å². The lowest BCUT2D eigenvalue weighted by Gasteiger charge is -2.43. The SMILES string of the molecule is CCOC1CC(O)(Cc2cccc(F)c2F)C1. The summed E-state index contributed by atoms with van der Waals surface area (Å²) >= 11 is 0. The zero-order valence-corrected chi connectivity index (χ0v) is 9.75. The van der Waals surface area contributed by atoms with Crippen molar-refractivity contribution in [1.82, 2.24) is 0 Å². The van der Waals surface area contributed by atoms with E-state index in [4.69, 9.17) is 4.74 Å². The molecular weight excluding hydrogens is 226 g/mol. The average molecular weight is 242 g/mol. The van der Waals surface area contributed by atoms with Crippen LogP contribution in [0.3, 0.4) is 0 Å². The molecule has 1 aliphatic carbocycles. The van der Waals surface area contributed by atoms with Gasteiger partial charge in [0.15, 0.2) is 11.6 Å². The van der Waals surface area contributed by atoms with Crippen LogP contribution in [0.2, 0.25) is 0 Å². The number of hydrogen-bond donors (Lipinski definition) is 1. The first-order valence-corrected chi connectivity index (χ1v) is 5.81. The molecule has 0 saturated heterocycles. The Hall–Kier alpha value is -1.00. The second-order valence-electron chi connectivity index (χ2n) is 4.60. The second kappa shape index (κ2) is 4.70. The highest BCUT2D eigenvalue weighted by atomic mass is 19.2. The van der Waals surface area contributed by atoms with E-state index in [-0.39, 0.29) is 18.1 Å². The van der Waals surface area contributed by atoms with Crippen molar-refractivity contribution in [2.24, 2.45) is 0 Å². The maximum Gasteiger partial charge on any atom is 0.162 e. The number of rotatable bonds is 4. The third kappa shape index (κ3) is 2.64. The van der Waals surface area contributed by atoms with Crippen molar-refractivity contribution in [3.63, 3.8) is 0 Å². The standard InChI is InChI=1S/C13H16F2O2/c1-2-17-10-7-13(16,8-10)6-9-4-3-5-11(14)12(9)15/h3-5,10,16H,2,6-8H2,1H3. The van der Waals surface area contributed by atoms with Gasteiger partial charge in [-0.1, -0.05) is 12.1 Å².